The molecule has 36 heavy (non-hydrogen) atoms. The number of ketones is 1. The summed E-state index contributed by atoms with van der Waals surface area (Å²) >= 11 is 0. The zero-order chi connectivity index (χ0) is 25.8. The number of aromatic nitrogens is 3. The fourth-order valence-electron chi connectivity index (χ4n) is 3.99. The molecule has 4 aromatic rings. The van der Waals surface area contributed by atoms with E-state index in [-0.39, 0.29) is 35.3 Å². The highest BCUT2D eigenvalue weighted by Crippen LogP contribution is 2.31. The normalized spacial score (nSPS) is 11.0. The van der Waals surface area contributed by atoms with Crippen LogP contribution in [0.4, 0.5) is 10.2 Å². The summed E-state index contributed by atoms with van der Waals surface area (Å²) in [6.45, 7) is 3.79. The number of carbonyl (C=O) groups is 1. The van der Waals surface area contributed by atoms with Gasteiger partial charge in [-0.25, -0.2) is 14.4 Å². The third-order valence-corrected chi connectivity index (χ3v) is 5.89. The lowest BCUT2D eigenvalue weighted by Gasteiger charge is -2.15. The quantitative estimate of drug-likeness (QED) is 0.348. The summed E-state index contributed by atoms with van der Waals surface area (Å²) in [6, 6.07) is 16.3. The number of hydrogen-bond acceptors (Lipinski definition) is 6. The third-order valence-electron chi connectivity index (χ3n) is 5.89. The van der Waals surface area contributed by atoms with Crippen LogP contribution in [0.2, 0.25) is 0 Å². The zero-order valence-electron chi connectivity index (χ0n) is 20.4. The Morgan fingerprint density at radius 1 is 1.00 bits per heavy atom. The number of benzene rings is 2. The standard InChI is InChI=1S/C28H27FN4O3/c1-17(2)33-16-20(11-15-24(33)35)26-25(19-8-12-21(29)13-9-19)32-28(30)27(31-26)22(34)14-10-18-6-4-5-7-23(18)36-3/h4-9,11-13,15-17H,10,14H2,1-3H3,(H2,30,32). The molecule has 0 amide bonds. The molecule has 0 spiro atoms. The Hall–Kier alpha value is -4.33. The van der Waals surface area contributed by atoms with Crippen molar-refractivity contribution in [3.63, 3.8) is 0 Å². The van der Waals surface area contributed by atoms with Gasteiger partial charge in [0.2, 0.25) is 0 Å². The molecule has 2 aromatic heterocycles. The highest BCUT2D eigenvalue weighted by atomic mass is 19.1. The number of nitrogen functional groups attached to an aromatic ring is 1. The molecule has 0 bridgehead atoms. The van der Waals surface area contributed by atoms with Crippen LogP contribution in [0, 0.1) is 5.82 Å². The van der Waals surface area contributed by atoms with E-state index in [0.717, 1.165) is 5.56 Å². The Bertz CT molecular complexity index is 1460. The largest absolute Gasteiger partial charge is 0.496 e. The van der Waals surface area contributed by atoms with E-state index < -0.39 is 5.82 Å². The van der Waals surface area contributed by atoms with Gasteiger partial charge in [0.1, 0.15) is 17.3 Å². The summed E-state index contributed by atoms with van der Waals surface area (Å²) in [5, 5.41) is 0. The molecule has 7 nitrogen and oxygen atoms in total. The second-order valence-corrected chi connectivity index (χ2v) is 8.65. The summed E-state index contributed by atoms with van der Waals surface area (Å²) in [4.78, 5) is 34.7. The molecule has 0 saturated heterocycles. The second kappa shape index (κ2) is 10.5. The first-order valence-corrected chi connectivity index (χ1v) is 11.6. The van der Waals surface area contributed by atoms with Crippen molar-refractivity contribution in [3.05, 3.63) is 94.3 Å². The van der Waals surface area contributed by atoms with E-state index in [9.17, 15) is 14.0 Å². The van der Waals surface area contributed by atoms with Crippen molar-refractivity contribution >= 4 is 11.6 Å². The van der Waals surface area contributed by atoms with Crippen LogP contribution < -0.4 is 16.0 Å². The Morgan fingerprint density at radius 2 is 1.67 bits per heavy atom. The highest BCUT2D eigenvalue weighted by Gasteiger charge is 2.21. The summed E-state index contributed by atoms with van der Waals surface area (Å²) in [5.74, 6) is 0.0284. The van der Waals surface area contributed by atoms with Crippen LogP contribution in [-0.2, 0) is 6.42 Å². The maximum Gasteiger partial charge on any atom is 0.250 e. The Balaban J connectivity index is 1.79. The first kappa shape index (κ1) is 24.8. The molecule has 0 fully saturated rings. The van der Waals surface area contributed by atoms with E-state index in [2.05, 4.69) is 9.97 Å². The number of ether oxygens (including phenoxy) is 1. The summed E-state index contributed by atoms with van der Waals surface area (Å²) < 4.78 is 20.5. The summed E-state index contributed by atoms with van der Waals surface area (Å²) in [5.41, 5.74) is 8.95. The maximum atomic E-state index is 13.6. The minimum Gasteiger partial charge on any atom is -0.496 e. The van der Waals surface area contributed by atoms with Crippen molar-refractivity contribution in [3.8, 4) is 28.3 Å². The number of methoxy groups -OCH3 is 1. The van der Waals surface area contributed by atoms with E-state index >= 15 is 0 Å². The lowest BCUT2D eigenvalue weighted by Crippen LogP contribution is -2.20. The molecule has 2 N–H and O–H groups in total. The number of carbonyl (C=O) groups excluding carboxylic acids is 1. The van der Waals surface area contributed by atoms with Crippen LogP contribution in [0.5, 0.6) is 5.75 Å². The molecule has 4 rings (SSSR count). The van der Waals surface area contributed by atoms with Crippen molar-refractivity contribution < 1.29 is 13.9 Å². The van der Waals surface area contributed by atoms with Crippen molar-refractivity contribution in [1.82, 2.24) is 14.5 Å². The van der Waals surface area contributed by atoms with Gasteiger partial charge in [0.05, 0.1) is 18.5 Å². The molecule has 2 heterocycles. The molecular weight excluding hydrogens is 459 g/mol. The van der Waals surface area contributed by atoms with Gasteiger partial charge >= 0.3 is 0 Å². The number of pyridine rings is 1. The zero-order valence-corrected chi connectivity index (χ0v) is 20.4. The molecule has 2 aromatic carbocycles. The molecule has 8 heteroatoms. The van der Waals surface area contributed by atoms with E-state index in [1.807, 2.05) is 38.1 Å². The summed E-state index contributed by atoms with van der Waals surface area (Å²) in [7, 11) is 1.58. The van der Waals surface area contributed by atoms with Gasteiger partial charge in [0.15, 0.2) is 11.6 Å². The van der Waals surface area contributed by atoms with Crippen molar-refractivity contribution in [2.75, 3.05) is 12.8 Å². The van der Waals surface area contributed by atoms with Crippen molar-refractivity contribution in [1.29, 1.82) is 0 Å². The SMILES string of the molecule is COc1ccccc1CCC(=O)c1nc(-c2ccc(=O)n(C(C)C)c2)c(-c2ccc(F)cc2)nc1N. The molecule has 0 saturated carbocycles. The number of hydrogen-bond donors (Lipinski definition) is 1. The molecule has 0 unspecified atom stereocenters. The number of Topliss-reactive ketones (excluding diaryl/α,β-unsaturated/α-hetero) is 1. The fraction of sp³-hybridized carbons (Fsp3) is 0.214. The van der Waals surface area contributed by atoms with Crippen LogP contribution in [0.25, 0.3) is 22.5 Å². The predicted molar refractivity (Wildman–Crippen MR) is 138 cm³/mol. The number of para-hydroxylation sites is 1. The van der Waals surface area contributed by atoms with Gasteiger partial charge in [0, 0.05) is 35.9 Å². The number of halogens is 1. The molecule has 0 aliphatic heterocycles. The average molecular weight is 487 g/mol. The highest BCUT2D eigenvalue weighted by molar-refractivity contribution is 5.99. The first-order chi connectivity index (χ1) is 17.3. The molecular formula is C28H27FN4O3. The lowest BCUT2D eigenvalue weighted by molar-refractivity contribution is 0.0978. The molecule has 0 atom stereocenters. The monoisotopic (exact) mass is 486 g/mol. The second-order valence-electron chi connectivity index (χ2n) is 8.65. The lowest BCUT2D eigenvalue weighted by atomic mass is 10.0. The number of aryl methyl sites for hydroxylation is 1. The predicted octanol–water partition coefficient (Wildman–Crippen LogP) is 5.10. The van der Waals surface area contributed by atoms with Crippen LogP contribution in [-0.4, -0.2) is 27.4 Å². The molecule has 184 valence electrons. The minimum atomic E-state index is -0.391. The fourth-order valence-corrected chi connectivity index (χ4v) is 3.99. The van der Waals surface area contributed by atoms with E-state index in [1.54, 1.807) is 36.1 Å². The first-order valence-electron chi connectivity index (χ1n) is 11.6. The van der Waals surface area contributed by atoms with E-state index in [4.69, 9.17) is 10.5 Å². The van der Waals surface area contributed by atoms with Gasteiger partial charge in [-0.15, -0.1) is 0 Å². The van der Waals surface area contributed by atoms with Crippen LogP contribution >= 0.6 is 0 Å². The summed E-state index contributed by atoms with van der Waals surface area (Å²) in [6.07, 6.45) is 2.28. The number of nitrogens with two attached hydrogens (primary N) is 1. The van der Waals surface area contributed by atoms with Crippen molar-refractivity contribution in [2.24, 2.45) is 0 Å². The van der Waals surface area contributed by atoms with Gasteiger partial charge in [-0.1, -0.05) is 18.2 Å². The Kier molecular flexibility index (Phi) is 7.24. The van der Waals surface area contributed by atoms with E-state index in [0.29, 0.717) is 34.7 Å². The van der Waals surface area contributed by atoms with Gasteiger partial charge in [-0.3, -0.25) is 9.59 Å². The van der Waals surface area contributed by atoms with E-state index in [1.165, 1.54) is 18.2 Å². The number of rotatable bonds is 8. The number of nitrogens with zero attached hydrogens (tertiary/aromatic N) is 3. The average Bonchev–Trinajstić information content (AvgIpc) is 2.88. The van der Waals surface area contributed by atoms with Crippen LogP contribution in [0.1, 0.15) is 42.4 Å². The van der Waals surface area contributed by atoms with Crippen molar-refractivity contribution in [2.45, 2.75) is 32.7 Å². The van der Waals surface area contributed by atoms with Gasteiger partial charge < -0.3 is 15.0 Å². The Morgan fingerprint density at radius 3 is 2.36 bits per heavy atom. The van der Waals surface area contributed by atoms with Gasteiger partial charge in [0.25, 0.3) is 5.56 Å². The van der Waals surface area contributed by atoms with Crippen LogP contribution in [0.15, 0.2) is 71.7 Å². The molecule has 0 radical (unpaired) electrons. The maximum absolute atomic E-state index is 13.6. The molecule has 0 aliphatic carbocycles. The third kappa shape index (κ3) is 5.17. The Labute approximate surface area is 208 Å². The van der Waals surface area contributed by atoms with Gasteiger partial charge in [-0.2, -0.15) is 0 Å². The topological polar surface area (TPSA) is 100 Å². The smallest absolute Gasteiger partial charge is 0.250 e. The van der Waals surface area contributed by atoms with Crippen LogP contribution in [0.3, 0.4) is 0 Å². The molecule has 0 aliphatic rings. The van der Waals surface area contributed by atoms with Gasteiger partial charge in [-0.05, 0) is 62.2 Å². The minimum absolute atomic E-state index is 0.0136. The number of anilines is 1.